The van der Waals surface area contributed by atoms with Crippen molar-refractivity contribution < 1.29 is 14.7 Å². The fourth-order valence-electron chi connectivity index (χ4n) is 1.20. The van der Waals surface area contributed by atoms with Crippen LogP contribution in [0.5, 0.6) is 0 Å². The number of hydrogen-bond donors (Lipinski definition) is 1. The number of carbonyl (C=O) groups is 2. The van der Waals surface area contributed by atoms with Crippen molar-refractivity contribution in [3.8, 4) is 0 Å². The van der Waals surface area contributed by atoms with Crippen molar-refractivity contribution in [1.82, 2.24) is 9.80 Å². The highest BCUT2D eigenvalue weighted by Crippen LogP contribution is 2.07. The predicted octanol–water partition coefficient (Wildman–Crippen LogP) is -0.985. The molecule has 0 radical (unpaired) electrons. The second-order valence-corrected chi connectivity index (χ2v) is 3.19. The summed E-state index contributed by atoms with van der Waals surface area (Å²) in [4.78, 5) is 25.2. The molecule has 1 rings (SSSR count). The lowest BCUT2D eigenvalue weighted by molar-refractivity contribution is -0.140. The first-order valence-electron chi connectivity index (χ1n) is 4.27. The van der Waals surface area contributed by atoms with Gasteiger partial charge in [0.25, 0.3) is 5.91 Å². The second kappa shape index (κ2) is 3.74. The second-order valence-electron chi connectivity index (χ2n) is 3.19. The van der Waals surface area contributed by atoms with Gasteiger partial charge in [-0.2, -0.15) is 0 Å². The lowest BCUT2D eigenvalue weighted by Gasteiger charge is -2.17. The smallest absolute Gasteiger partial charge is 0.253 e. The summed E-state index contributed by atoms with van der Waals surface area (Å²) < 4.78 is 0. The van der Waals surface area contributed by atoms with E-state index in [1.165, 1.54) is 9.80 Å². The number of rotatable bonds is 2. The topological polar surface area (TPSA) is 60.9 Å². The van der Waals surface area contributed by atoms with Crippen LogP contribution in [0.25, 0.3) is 0 Å². The third-order valence-corrected chi connectivity index (χ3v) is 2.12. The van der Waals surface area contributed by atoms with E-state index in [0.717, 1.165) is 0 Å². The average Bonchev–Trinajstić information content (AvgIpc) is 2.44. The van der Waals surface area contributed by atoms with Gasteiger partial charge >= 0.3 is 0 Å². The maximum Gasteiger partial charge on any atom is 0.253 e. The van der Waals surface area contributed by atoms with Gasteiger partial charge in [0.2, 0.25) is 5.91 Å². The van der Waals surface area contributed by atoms with Crippen LogP contribution >= 0.6 is 0 Å². The number of aliphatic hydroxyl groups excluding tert-OH is 1. The summed E-state index contributed by atoms with van der Waals surface area (Å²) in [5.41, 5.74) is 0. The van der Waals surface area contributed by atoms with Gasteiger partial charge in [0.05, 0.1) is 6.67 Å². The van der Waals surface area contributed by atoms with Crippen LogP contribution in [0.15, 0.2) is 0 Å². The fraction of sp³-hybridized carbons (Fsp3) is 0.750. The molecular formula is C8H14N2O3. The molecule has 1 unspecified atom stereocenters. The van der Waals surface area contributed by atoms with Gasteiger partial charge in [0.15, 0.2) is 0 Å². The van der Waals surface area contributed by atoms with Crippen LogP contribution in [-0.2, 0) is 9.59 Å². The van der Waals surface area contributed by atoms with Gasteiger partial charge in [-0.15, -0.1) is 0 Å². The maximum absolute atomic E-state index is 11.4. The van der Waals surface area contributed by atoms with Crippen LogP contribution < -0.4 is 0 Å². The highest BCUT2D eigenvalue weighted by atomic mass is 16.3. The minimum absolute atomic E-state index is 0.0864. The molecule has 1 aliphatic rings. The Kier molecular flexibility index (Phi) is 2.87. The first-order chi connectivity index (χ1) is 6.06. The van der Waals surface area contributed by atoms with Crippen LogP contribution in [0.2, 0.25) is 0 Å². The van der Waals surface area contributed by atoms with Crippen molar-refractivity contribution >= 4 is 11.8 Å². The molecule has 1 heterocycles. The Labute approximate surface area is 76.9 Å². The van der Waals surface area contributed by atoms with Crippen LogP contribution in [0.1, 0.15) is 13.3 Å². The van der Waals surface area contributed by atoms with Crippen LogP contribution in [0, 0.1) is 0 Å². The summed E-state index contributed by atoms with van der Waals surface area (Å²) in [7, 11) is 1.63. The average molecular weight is 186 g/mol. The number of nitrogens with zero attached hydrogens (tertiary/aromatic N) is 2. The van der Waals surface area contributed by atoms with Gasteiger partial charge in [-0.3, -0.25) is 9.59 Å². The van der Waals surface area contributed by atoms with Crippen LogP contribution in [0.3, 0.4) is 0 Å². The largest absolute Gasteiger partial charge is 0.383 e. The van der Waals surface area contributed by atoms with E-state index in [2.05, 4.69) is 0 Å². The Morgan fingerprint density at radius 1 is 1.69 bits per heavy atom. The van der Waals surface area contributed by atoms with Crippen LogP contribution in [0.4, 0.5) is 0 Å². The van der Waals surface area contributed by atoms with Gasteiger partial charge in [-0.25, -0.2) is 0 Å². The van der Waals surface area contributed by atoms with Crippen molar-refractivity contribution in [1.29, 1.82) is 0 Å². The van der Waals surface area contributed by atoms with E-state index in [0.29, 0.717) is 6.42 Å². The Morgan fingerprint density at radius 2 is 2.31 bits per heavy atom. The molecule has 0 saturated carbocycles. The van der Waals surface area contributed by atoms with E-state index in [-0.39, 0.29) is 25.0 Å². The highest BCUT2D eigenvalue weighted by Gasteiger charge is 2.30. The first kappa shape index (κ1) is 9.98. The van der Waals surface area contributed by atoms with Gasteiger partial charge in [-0.1, -0.05) is 6.92 Å². The number of amides is 2. The van der Waals surface area contributed by atoms with Gasteiger partial charge in [0, 0.05) is 7.05 Å². The third kappa shape index (κ3) is 1.98. The molecule has 0 bridgehead atoms. The molecule has 13 heavy (non-hydrogen) atoms. The van der Waals surface area contributed by atoms with E-state index in [1.54, 1.807) is 14.0 Å². The van der Waals surface area contributed by atoms with Gasteiger partial charge in [0.1, 0.15) is 12.6 Å². The summed E-state index contributed by atoms with van der Waals surface area (Å²) in [5, 5.41) is 9.24. The lowest BCUT2D eigenvalue weighted by atomic mass is 10.2. The molecule has 5 nitrogen and oxygen atoms in total. The highest BCUT2D eigenvalue weighted by molar-refractivity contribution is 5.89. The zero-order chi connectivity index (χ0) is 10.0. The van der Waals surface area contributed by atoms with Gasteiger partial charge in [-0.05, 0) is 6.42 Å². The monoisotopic (exact) mass is 186 g/mol. The quantitative estimate of drug-likeness (QED) is 0.602. The predicted molar refractivity (Wildman–Crippen MR) is 45.6 cm³/mol. The summed E-state index contributed by atoms with van der Waals surface area (Å²) in [6, 6.07) is 0. The maximum atomic E-state index is 11.4. The number of hydrogen-bond acceptors (Lipinski definition) is 3. The molecule has 1 fully saturated rings. The molecule has 2 amide bonds. The zero-order valence-corrected chi connectivity index (χ0v) is 7.86. The molecule has 0 aromatic carbocycles. The lowest BCUT2D eigenvalue weighted by Crippen LogP contribution is -2.38. The SMILES string of the molecule is CCC(O)C(=O)N1CC(=O)N(C)C1. The molecule has 0 aromatic rings. The first-order valence-corrected chi connectivity index (χ1v) is 4.27. The molecule has 0 aromatic heterocycles. The zero-order valence-electron chi connectivity index (χ0n) is 7.86. The number of carbonyl (C=O) groups excluding carboxylic acids is 2. The minimum atomic E-state index is -0.973. The molecule has 0 spiro atoms. The van der Waals surface area contributed by atoms with E-state index in [1.807, 2.05) is 0 Å². The van der Waals surface area contributed by atoms with Gasteiger partial charge < -0.3 is 14.9 Å². The Morgan fingerprint density at radius 3 is 2.69 bits per heavy atom. The van der Waals surface area contributed by atoms with Crippen molar-refractivity contribution in [2.75, 3.05) is 20.3 Å². The van der Waals surface area contributed by atoms with E-state index in [4.69, 9.17) is 0 Å². The summed E-state index contributed by atoms with van der Waals surface area (Å²) in [5.74, 6) is -0.447. The summed E-state index contributed by atoms with van der Waals surface area (Å²) in [6.45, 7) is 2.10. The summed E-state index contributed by atoms with van der Waals surface area (Å²) >= 11 is 0. The molecule has 1 atom stereocenters. The Hall–Kier alpha value is -1.10. The molecule has 74 valence electrons. The summed E-state index contributed by atoms with van der Waals surface area (Å²) in [6.07, 6.45) is -0.591. The molecule has 1 saturated heterocycles. The van der Waals surface area contributed by atoms with E-state index >= 15 is 0 Å². The Bertz CT molecular complexity index is 229. The van der Waals surface area contributed by atoms with Crippen molar-refractivity contribution in [2.24, 2.45) is 0 Å². The van der Waals surface area contributed by atoms with Crippen molar-refractivity contribution in [2.45, 2.75) is 19.4 Å². The van der Waals surface area contributed by atoms with E-state index < -0.39 is 6.10 Å². The molecule has 1 aliphatic heterocycles. The fourth-order valence-corrected chi connectivity index (χ4v) is 1.20. The molecular weight excluding hydrogens is 172 g/mol. The standard InChI is InChI=1S/C8H14N2O3/c1-3-6(11)8(13)10-4-7(12)9(2)5-10/h6,11H,3-5H2,1-2H3. The van der Waals surface area contributed by atoms with Crippen molar-refractivity contribution in [3.05, 3.63) is 0 Å². The van der Waals surface area contributed by atoms with Crippen molar-refractivity contribution in [3.63, 3.8) is 0 Å². The molecule has 0 aliphatic carbocycles. The Balaban J connectivity index is 2.55. The molecule has 5 heteroatoms. The third-order valence-electron chi connectivity index (χ3n) is 2.12. The van der Waals surface area contributed by atoms with Crippen LogP contribution in [-0.4, -0.2) is 53.1 Å². The normalized spacial score (nSPS) is 19.5. The number of likely N-dealkylation sites (N-methyl/N-ethyl adjacent to an activating group) is 1. The minimum Gasteiger partial charge on any atom is -0.383 e. The van der Waals surface area contributed by atoms with E-state index in [9.17, 15) is 14.7 Å². The number of aliphatic hydroxyl groups is 1. The molecule has 1 N–H and O–H groups in total.